The van der Waals surface area contributed by atoms with Crippen LogP contribution in [0.1, 0.15) is 15.9 Å². The lowest BCUT2D eigenvalue weighted by Crippen LogP contribution is -2.38. The maximum Gasteiger partial charge on any atom is 0.337 e. The van der Waals surface area contributed by atoms with Crippen molar-refractivity contribution in [3.8, 4) is 0 Å². The molecule has 0 saturated heterocycles. The van der Waals surface area contributed by atoms with E-state index in [1.165, 1.54) is 37.4 Å². The van der Waals surface area contributed by atoms with Crippen LogP contribution in [-0.2, 0) is 19.6 Å². The van der Waals surface area contributed by atoms with Gasteiger partial charge in [-0.05, 0) is 48.9 Å². The van der Waals surface area contributed by atoms with Crippen LogP contribution in [0.2, 0.25) is 10.0 Å². The molecule has 0 heterocycles. The van der Waals surface area contributed by atoms with Gasteiger partial charge in [0.05, 0.1) is 33.3 Å². The van der Waals surface area contributed by atoms with Crippen LogP contribution in [0.25, 0.3) is 0 Å². The Morgan fingerprint density at radius 1 is 1.00 bits per heavy atom. The molecule has 0 aliphatic rings. The van der Waals surface area contributed by atoms with Crippen molar-refractivity contribution in [1.82, 2.24) is 0 Å². The second kappa shape index (κ2) is 10.2. The van der Waals surface area contributed by atoms with Gasteiger partial charge in [0.25, 0.3) is 10.0 Å². The van der Waals surface area contributed by atoms with Gasteiger partial charge in [0.1, 0.15) is 6.54 Å². The fraction of sp³-hybridized carbons (Fsp3) is 0.130. The van der Waals surface area contributed by atoms with Crippen molar-refractivity contribution in [2.45, 2.75) is 11.8 Å². The van der Waals surface area contributed by atoms with E-state index in [9.17, 15) is 18.0 Å². The van der Waals surface area contributed by atoms with Crippen LogP contribution in [0.5, 0.6) is 0 Å². The Bertz CT molecular complexity index is 1300. The number of amides is 1. The summed E-state index contributed by atoms with van der Waals surface area (Å²) in [6.07, 6.45) is 0. The summed E-state index contributed by atoms with van der Waals surface area (Å²) in [5.74, 6) is -1.21. The zero-order chi connectivity index (χ0) is 24.2. The molecular formula is C23H20Cl2N2O5S. The van der Waals surface area contributed by atoms with E-state index in [0.29, 0.717) is 11.3 Å². The van der Waals surface area contributed by atoms with Crippen LogP contribution in [0.4, 0.5) is 11.4 Å². The molecule has 0 unspecified atom stereocenters. The van der Waals surface area contributed by atoms with Gasteiger partial charge in [-0.3, -0.25) is 9.10 Å². The number of carbonyl (C=O) groups excluding carboxylic acids is 2. The molecule has 7 nitrogen and oxygen atoms in total. The number of hydrogen-bond acceptors (Lipinski definition) is 5. The van der Waals surface area contributed by atoms with E-state index in [2.05, 4.69) is 5.32 Å². The van der Waals surface area contributed by atoms with Crippen molar-refractivity contribution in [2.75, 3.05) is 23.3 Å². The van der Waals surface area contributed by atoms with Crippen molar-refractivity contribution in [1.29, 1.82) is 0 Å². The van der Waals surface area contributed by atoms with E-state index in [-0.39, 0.29) is 26.2 Å². The first-order valence-electron chi connectivity index (χ1n) is 9.65. The smallest absolute Gasteiger partial charge is 0.337 e. The third-order valence-corrected chi connectivity index (χ3v) is 7.33. The van der Waals surface area contributed by atoms with Crippen LogP contribution in [0.15, 0.2) is 71.6 Å². The fourth-order valence-corrected chi connectivity index (χ4v) is 4.93. The van der Waals surface area contributed by atoms with Gasteiger partial charge < -0.3 is 10.1 Å². The van der Waals surface area contributed by atoms with Gasteiger partial charge in [-0.25, -0.2) is 13.2 Å². The number of aryl methyl sites for hydroxylation is 1. The first-order valence-corrected chi connectivity index (χ1v) is 11.9. The molecule has 0 radical (unpaired) electrons. The number of ether oxygens (including phenoxy) is 1. The summed E-state index contributed by atoms with van der Waals surface area (Å²) >= 11 is 12.4. The molecular weight excluding hydrogens is 487 g/mol. The lowest BCUT2D eigenvalue weighted by Gasteiger charge is -2.25. The van der Waals surface area contributed by atoms with Gasteiger partial charge >= 0.3 is 5.97 Å². The Balaban J connectivity index is 1.99. The third-order valence-electron chi connectivity index (χ3n) is 4.75. The molecule has 0 aliphatic carbocycles. The number of halogens is 2. The molecule has 0 fully saturated rings. The molecule has 172 valence electrons. The average molecular weight is 507 g/mol. The number of anilines is 2. The van der Waals surface area contributed by atoms with Crippen LogP contribution in [0.3, 0.4) is 0 Å². The van der Waals surface area contributed by atoms with E-state index in [1.807, 2.05) is 0 Å². The van der Waals surface area contributed by atoms with Gasteiger partial charge in [-0.1, -0.05) is 53.5 Å². The number of sulfonamides is 1. The first kappa shape index (κ1) is 24.6. The number of carbonyl (C=O) groups is 2. The monoisotopic (exact) mass is 506 g/mol. The normalized spacial score (nSPS) is 11.0. The molecule has 0 spiro atoms. The number of nitrogens with one attached hydrogen (secondary N) is 1. The van der Waals surface area contributed by atoms with Crippen LogP contribution < -0.4 is 9.62 Å². The number of benzene rings is 3. The molecule has 0 bridgehead atoms. The molecule has 1 amide bonds. The van der Waals surface area contributed by atoms with Crippen LogP contribution in [-0.4, -0.2) is 33.9 Å². The summed E-state index contributed by atoms with van der Waals surface area (Å²) in [5, 5.41) is 2.80. The van der Waals surface area contributed by atoms with E-state index >= 15 is 0 Å². The summed E-state index contributed by atoms with van der Waals surface area (Å²) in [7, 11) is -2.91. The van der Waals surface area contributed by atoms with Gasteiger partial charge in [0.2, 0.25) is 5.91 Å². The number of esters is 1. The van der Waals surface area contributed by atoms with Crippen molar-refractivity contribution >= 4 is 56.5 Å². The third kappa shape index (κ3) is 5.47. The summed E-state index contributed by atoms with van der Waals surface area (Å²) < 4.78 is 32.4. The fourth-order valence-electron chi connectivity index (χ4n) is 3.03. The highest BCUT2D eigenvalue weighted by atomic mass is 35.5. The van der Waals surface area contributed by atoms with E-state index in [4.69, 9.17) is 27.9 Å². The zero-order valence-electron chi connectivity index (χ0n) is 17.7. The van der Waals surface area contributed by atoms with E-state index in [0.717, 1.165) is 4.31 Å². The number of nitrogens with zero attached hydrogens (tertiary/aromatic N) is 1. The maximum absolute atomic E-state index is 13.4. The zero-order valence-corrected chi connectivity index (χ0v) is 20.0. The quantitative estimate of drug-likeness (QED) is 0.459. The Hall–Kier alpha value is -3.07. The lowest BCUT2D eigenvalue weighted by atomic mass is 10.1. The molecule has 3 aromatic rings. The molecule has 33 heavy (non-hydrogen) atoms. The highest BCUT2D eigenvalue weighted by molar-refractivity contribution is 7.92. The molecule has 0 aromatic heterocycles. The highest BCUT2D eigenvalue weighted by Gasteiger charge is 2.29. The molecule has 0 aliphatic heterocycles. The molecule has 0 saturated carbocycles. The molecule has 10 heteroatoms. The summed E-state index contributed by atoms with van der Waals surface area (Å²) in [5.41, 5.74) is 1.32. The minimum Gasteiger partial charge on any atom is -0.465 e. The largest absolute Gasteiger partial charge is 0.465 e. The predicted molar refractivity (Wildman–Crippen MR) is 129 cm³/mol. The predicted octanol–water partition coefficient (Wildman–Crippen LogP) is 4.92. The molecule has 1 N–H and O–H groups in total. The molecule has 0 atom stereocenters. The Morgan fingerprint density at radius 2 is 1.70 bits per heavy atom. The van der Waals surface area contributed by atoms with Crippen molar-refractivity contribution < 1.29 is 22.7 Å². The SMILES string of the molecule is COC(=O)c1ccc(C)c(NC(=O)CN(c2cccc(Cl)c2Cl)S(=O)(=O)c2ccccc2)c1. The topological polar surface area (TPSA) is 92.8 Å². The lowest BCUT2D eigenvalue weighted by molar-refractivity contribution is -0.114. The average Bonchev–Trinajstić information content (AvgIpc) is 2.81. The maximum atomic E-state index is 13.4. The number of methoxy groups -OCH3 is 1. The van der Waals surface area contributed by atoms with Crippen molar-refractivity contribution in [2.24, 2.45) is 0 Å². The second-order valence-corrected chi connectivity index (χ2v) is 9.61. The molecule has 3 aromatic carbocycles. The Labute approximate surface area is 201 Å². The Kier molecular flexibility index (Phi) is 7.63. The number of hydrogen-bond donors (Lipinski definition) is 1. The minimum atomic E-state index is -4.16. The summed E-state index contributed by atoms with van der Waals surface area (Å²) in [6, 6.07) is 16.9. The van der Waals surface area contributed by atoms with Crippen LogP contribution >= 0.6 is 23.2 Å². The van der Waals surface area contributed by atoms with Crippen molar-refractivity contribution in [3.63, 3.8) is 0 Å². The highest BCUT2D eigenvalue weighted by Crippen LogP contribution is 2.35. The second-order valence-electron chi connectivity index (χ2n) is 6.97. The van der Waals surface area contributed by atoms with Gasteiger partial charge in [-0.15, -0.1) is 0 Å². The van der Waals surface area contributed by atoms with Gasteiger partial charge in [0.15, 0.2) is 0 Å². The first-order chi connectivity index (χ1) is 15.6. The summed E-state index contributed by atoms with van der Waals surface area (Å²) in [6.45, 7) is 1.15. The van der Waals surface area contributed by atoms with Gasteiger partial charge in [0, 0.05) is 5.69 Å². The van der Waals surface area contributed by atoms with E-state index < -0.39 is 28.4 Å². The summed E-state index contributed by atoms with van der Waals surface area (Å²) in [4.78, 5) is 24.8. The van der Waals surface area contributed by atoms with Crippen molar-refractivity contribution in [3.05, 3.63) is 87.9 Å². The number of rotatable bonds is 7. The minimum absolute atomic E-state index is 0.00431. The Morgan fingerprint density at radius 3 is 2.36 bits per heavy atom. The van der Waals surface area contributed by atoms with Gasteiger partial charge in [-0.2, -0.15) is 0 Å². The van der Waals surface area contributed by atoms with E-state index in [1.54, 1.807) is 43.3 Å². The standard InChI is InChI=1S/C23H20Cl2N2O5S/c1-15-11-12-16(23(29)32-2)13-19(15)26-21(28)14-27(20-10-6-9-18(24)22(20)25)33(30,31)17-7-4-3-5-8-17/h3-13H,14H2,1-2H3,(H,26,28). The molecule has 3 rings (SSSR count). The van der Waals surface area contributed by atoms with Crippen LogP contribution in [0, 0.1) is 6.92 Å².